The van der Waals surface area contributed by atoms with Crippen LogP contribution in [0.2, 0.25) is 0 Å². The average molecular weight is 333 g/mol. The quantitative estimate of drug-likeness (QED) is 0.718. The lowest BCUT2D eigenvalue weighted by atomic mass is 9.68. The Morgan fingerprint density at radius 3 is 2.75 bits per heavy atom. The van der Waals surface area contributed by atoms with E-state index in [1.165, 1.54) is 18.4 Å². The Kier molecular flexibility index (Phi) is 6.28. The summed E-state index contributed by atoms with van der Waals surface area (Å²) in [4.78, 5) is 2.55. The number of ether oxygens (including phenoxy) is 1. The minimum atomic E-state index is -0.148. The van der Waals surface area contributed by atoms with Gasteiger partial charge in [-0.1, -0.05) is 36.8 Å². The van der Waals surface area contributed by atoms with Gasteiger partial charge in [-0.3, -0.25) is 4.90 Å². The molecule has 4 nitrogen and oxygen atoms in total. The second-order valence-electron chi connectivity index (χ2n) is 7.40. The molecule has 0 amide bonds. The Bertz CT molecular complexity index is 495. The van der Waals surface area contributed by atoms with Crippen LogP contribution < -0.4 is 0 Å². The fourth-order valence-electron chi connectivity index (χ4n) is 4.86. The first-order valence-electron chi connectivity index (χ1n) is 9.37. The number of piperidine rings is 1. The number of aliphatic hydroxyl groups excluding tert-OH is 2. The number of aliphatic hydroxyl groups is 2. The normalized spacial score (nSPS) is 30.4. The summed E-state index contributed by atoms with van der Waals surface area (Å²) in [5.74, 6) is 0.411. The molecule has 2 fully saturated rings. The first-order valence-corrected chi connectivity index (χ1v) is 9.37. The van der Waals surface area contributed by atoms with E-state index >= 15 is 0 Å². The molecule has 2 saturated heterocycles. The Balaban J connectivity index is 1.58. The van der Waals surface area contributed by atoms with E-state index in [-0.39, 0.29) is 18.6 Å². The molecule has 0 bridgehead atoms. The summed E-state index contributed by atoms with van der Waals surface area (Å²) in [5, 5.41) is 19.8. The molecule has 0 aliphatic carbocycles. The molecule has 2 aliphatic heterocycles. The SMILES string of the molecule is OCC[C@]1(CO)[C@@H](CCOCc2ccccc2)CN2CCCC[C@@H]21. The zero-order valence-electron chi connectivity index (χ0n) is 14.6. The Morgan fingerprint density at radius 1 is 1.17 bits per heavy atom. The predicted molar refractivity (Wildman–Crippen MR) is 94.6 cm³/mol. The minimum absolute atomic E-state index is 0.148. The van der Waals surface area contributed by atoms with Crippen molar-refractivity contribution in [1.29, 1.82) is 0 Å². The van der Waals surface area contributed by atoms with Crippen molar-refractivity contribution in [2.24, 2.45) is 11.3 Å². The van der Waals surface area contributed by atoms with Crippen molar-refractivity contribution in [3.8, 4) is 0 Å². The van der Waals surface area contributed by atoms with Crippen LogP contribution in [-0.4, -0.2) is 54.1 Å². The molecule has 3 rings (SSSR count). The van der Waals surface area contributed by atoms with Gasteiger partial charge in [0.1, 0.15) is 0 Å². The maximum atomic E-state index is 10.2. The van der Waals surface area contributed by atoms with E-state index in [4.69, 9.17) is 4.74 Å². The second-order valence-corrected chi connectivity index (χ2v) is 7.40. The first-order chi connectivity index (χ1) is 11.8. The van der Waals surface area contributed by atoms with Gasteiger partial charge >= 0.3 is 0 Å². The van der Waals surface area contributed by atoms with Gasteiger partial charge in [0.25, 0.3) is 0 Å². The lowest BCUT2D eigenvalue weighted by molar-refractivity contribution is 0.00266. The summed E-state index contributed by atoms with van der Waals surface area (Å²) < 4.78 is 5.89. The molecular formula is C20H31NO3. The van der Waals surface area contributed by atoms with Crippen LogP contribution in [0.1, 0.15) is 37.7 Å². The molecule has 3 atom stereocenters. The van der Waals surface area contributed by atoms with Gasteiger partial charge in [0.15, 0.2) is 0 Å². The summed E-state index contributed by atoms with van der Waals surface area (Å²) in [5.41, 5.74) is 1.05. The molecule has 1 aromatic rings. The number of benzene rings is 1. The highest BCUT2D eigenvalue weighted by Crippen LogP contribution is 2.49. The first kappa shape index (κ1) is 17.9. The van der Waals surface area contributed by atoms with Crippen LogP contribution in [0.25, 0.3) is 0 Å². The van der Waals surface area contributed by atoms with Crippen molar-refractivity contribution in [3.05, 3.63) is 35.9 Å². The van der Waals surface area contributed by atoms with Crippen LogP contribution in [0, 0.1) is 11.3 Å². The maximum absolute atomic E-state index is 10.2. The average Bonchev–Trinajstić information content (AvgIpc) is 2.94. The van der Waals surface area contributed by atoms with Gasteiger partial charge in [-0.2, -0.15) is 0 Å². The van der Waals surface area contributed by atoms with E-state index in [0.29, 0.717) is 31.6 Å². The monoisotopic (exact) mass is 333 g/mol. The zero-order chi connectivity index (χ0) is 16.8. The lowest BCUT2D eigenvalue weighted by Crippen LogP contribution is -2.46. The third-order valence-corrected chi connectivity index (χ3v) is 6.14. The lowest BCUT2D eigenvalue weighted by Gasteiger charge is -2.41. The van der Waals surface area contributed by atoms with E-state index in [1.54, 1.807) is 0 Å². The van der Waals surface area contributed by atoms with Crippen LogP contribution in [0.4, 0.5) is 0 Å². The highest BCUT2D eigenvalue weighted by molar-refractivity contribution is 5.13. The molecule has 24 heavy (non-hydrogen) atoms. The number of fused-ring (bicyclic) bond motifs is 1. The second kappa shape index (κ2) is 8.43. The smallest absolute Gasteiger partial charge is 0.0716 e. The van der Waals surface area contributed by atoms with Gasteiger partial charge < -0.3 is 14.9 Å². The molecule has 0 aromatic heterocycles. The Morgan fingerprint density at radius 2 is 2.00 bits per heavy atom. The zero-order valence-corrected chi connectivity index (χ0v) is 14.6. The summed E-state index contributed by atoms with van der Waals surface area (Å²) in [6.45, 7) is 3.88. The van der Waals surface area contributed by atoms with E-state index < -0.39 is 0 Å². The van der Waals surface area contributed by atoms with E-state index in [9.17, 15) is 10.2 Å². The molecule has 134 valence electrons. The van der Waals surface area contributed by atoms with Crippen LogP contribution in [0.15, 0.2) is 30.3 Å². The number of hydrogen-bond donors (Lipinski definition) is 2. The van der Waals surface area contributed by atoms with Crippen LogP contribution in [0.5, 0.6) is 0 Å². The molecule has 0 spiro atoms. The summed E-state index contributed by atoms with van der Waals surface area (Å²) in [6, 6.07) is 10.7. The molecule has 1 aromatic carbocycles. The maximum Gasteiger partial charge on any atom is 0.0716 e. The fourth-order valence-corrected chi connectivity index (χ4v) is 4.86. The highest BCUT2D eigenvalue weighted by atomic mass is 16.5. The van der Waals surface area contributed by atoms with Gasteiger partial charge in [0.05, 0.1) is 13.2 Å². The van der Waals surface area contributed by atoms with Gasteiger partial charge in [0.2, 0.25) is 0 Å². The van der Waals surface area contributed by atoms with Crippen molar-refractivity contribution in [3.63, 3.8) is 0 Å². The molecule has 4 heteroatoms. The third kappa shape index (κ3) is 3.67. The number of nitrogens with zero attached hydrogens (tertiary/aromatic N) is 1. The summed E-state index contributed by atoms with van der Waals surface area (Å²) in [7, 11) is 0. The Hall–Kier alpha value is -0.940. The largest absolute Gasteiger partial charge is 0.396 e. The van der Waals surface area contributed by atoms with E-state index in [2.05, 4.69) is 17.0 Å². The van der Waals surface area contributed by atoms with Crippen molar-refractivity contribution >= 4 is 0 Å². The molecular weight excluding hydrogens is 302 g/mol. The molecule has 2 heterocycles. The minimum Gasteiger partial charge on any atom is -0.396 e. The molecule has 2 aliphatic rings. The van der Waals surface area contributed by atoms with E-state index in [0.717, 1.165) is 25.9 Å². The molecule has 0 saturated carbocycles. The van der Waals surface area contributed by atoms with Crippen molar-refractivity contribution in [2.75, 3.05) is 32.9 Å². The third-order valence-electron chi connectivity index (χ3n) is 6.14. The van der Waals surface area contributed by atoms with Crippen LogP contribution >= 0.6 is 0 Å². The van der Waals surface area contributed by atoms with Crippen molar-refractivity contribution in [2.45, 2.75) is 44.8 Å². The van der Waals surface area contributed by atoms with Gasteiger partial charge in [-0.25, -0.2) is 0 Å². The van der Waals surface area contributed by atoms with Crippen LogP contribution in [-0.2, 0) is 11.3 Å². The fraction of sp³-hybridized carbons (Fsp3) is 0.700. The van der Waals surface area contributed by atoms with Crippen molar-refractivity contribution < 1.29 is 14.9 Å². The van der Waals surface area contributed by atoms with Gasteiger partial charge in [-0.05, 0) is 43.7 Å². The Labute approximate surface area is 145 Å². The van der Waals surface area contributed by atoms with Crippen molar-refractivity contribution in [1.82, 2.24) is 4.90 Å². The predicted octanol–water partition coefficient (Wildman–Crippen LogP) is 2.44. The summed E-state index contributed by atoms with van der Waals surface area (Å²) >= 11 is 0. The van der Waals surface area contributed by atoms with Crippen LogP contribution in [0.3, 0.4) is 0 Å². The summed E-state index contributed by atoms with van der Waals surface area (Å²) in [6.07, 6.45) is 5.32. The van der Waals surface area contributed by atoms with Gasteiger partial charge in [0, 0.05) is 31.2 Å². The number of rotatable bonds is 8. The molecule has 2 N–H and O–H groups in total. The number of hydrogen-bond acceptors (Lipinski definition) is 4. The molecule has 0 radical (unpaired) electrons. The van der Waals surface area contributed by atoms with E-state index in [1.807, 2.05) is 18.2 Å². The standard InChI is InChI=1S/C20H31NO3/c22-12-10-20(16-23)18(14-21-11-5-4-8-19(20)21)9-13-24-15-17-6-2-1-3-7-17/h1-3,6-7,18-19,22-23H,4-5,8-16H2/t18-,19+,20-/m0/s1. The molecule has 0 unspecified atom stereocenters. The highest BCUT2D eigenvalue weighted by Gasteiger charge is 2.53. The topological polar surface area (TPSA) is 52.9 Å². The van der Waals surface area contributed by atoms with Gasteiger partial charge in [-0.15, -0.1) is 0 Å².